The SMILES string of the molecule is CCc1ccccc1OCC(=O)N(CCOC)c1c(N)n(Cc2ccccc2)c(=O)[nH]c1=O. The Bertz CT molecular complexity index is 1200. The van der Waals surface area contributed by atoms with E-state index in [0.29, 0.717) is 5.75 Å². The molecule has 1 amide bonds. The number of nitrogens with one attached hydrogen (secondary N) is 1. The van der Waals surface area contributed by atoms with E-state index in [9.17, 15) is 14.4 Å². The number of aromatic nitrogens is 2. The first kappa shape index (κ1) is 23.8. The van der Waals surface area contributed by atoms with E-state index in [0.717, 1.165) is 17.5 Å². The van der Waals surface area contributed by atoms with Gasteiger partial charge in [0.25, 0.3) is 11.5 Å². The average molecular weight is 453 g/mol. The maximum atomic E-state index is 13.1. The second kappa shape index (κ2) is 11.1. The van der Waals surface area contributed by atoms with Crippen LogP contribution in [0.25, 0.3) is 0 Å². The zero-order valence-corrected chi connectivity index (χ0v) is 18.7. The molecule has 9 heteroatoms. The Morgan fingerprint density at radius 3 is 2.48 bits per heavy atom. The summed E-state index contributed by atoms with van der Waals surface area (Å²) in [6.45, 7) is 2.05. The highest BCUT2D eigenvalue weighted by Crippen LogP contribution is 2.21. The van der Waals surface area contributed by atoms with E-state index in [1.807, 2.05) is 55.5 Å². The predicted octanol–water partition coefficient (Wildman–Crippen LogP) is 1.79. The van der Waals surface area contributed by atoms with Crippen LogP contribution in [0.15, 0.2) is 64.2 Å². The maximum Gasteiger partial charge on any atom is 0.330 e. The molecule has 1 heterocycles. The summed E-state index contributed by atoms with van der Waals surface area (Å²) in [5.74, 6) is 0.00190. The molecule has 0 atom stereocenters. The number of carbonyl (C=O) groups excluding carboxylic acids is 1. The molecule has 0 radical (unpaired) electrons. The molecular weight excluding hydrogens is 424 g/mol. The monoisotopic (exact) mass is 452 g/mol. The topological polar surface area (TPSA) is 120 Å². The number of aryl methyl sites for hydroxylation is 1. The number of ether oxygens (including phenoxy) is 2. The number of H-pyrrole nitrogens is 1. The minimum atomic E-state index is -0.750. The molecule has 2 aromatic carbocycles. The summed E-state index contributed by atoms with van der Waals surface area (Å²) in [7, 11) is 1.49. The van der Waals surface area contributed by atoms with Crippen LogP contribution in [0.4, 0.5) is 11.5 Å². The zero-order chi connectivity index (χ0) is 23.8. The van der Waals surface area contributed by atoms with Crippen LogP contribution < -0.4 is 26.6 Å². The number of hydrogen-bond acceptors (Lipinski definition) is 6. The molecule has 0 bridgehead atoms. The van der Waals surface area contributed by atoms with E-state index in [2.05, 4.69) is 4.98 Å². The number of methoxy groups -OCH3 is 1. The highest BCUT2D eigenvalue weighted by atomic mass is 16.5. The predicted molar refractivity (Wildman–Crippen MR) is 127 cm³/mol. The van der Waals surface area contributed by atoms with E-state index in [4.69, 9.17) is 15.2 Å². The van der Waals surface area contributed by atoms with Gasteiger partial charge in [0.05, 0.1) is 13.2 Å². The Balaban J connectivity index is 1.94. The maximum absolute atomic E-state index is 13.1. The number of nitrogens with zero attached hydrogens (tertiary/aromatic N) is 2. The highest BCUT2D eigenvalue weighted by molar-refractivity contribution is 5.96. The Labute approximate surface area is 191 Å². The lowest BCUT2D eigenvalue weighted by molar-refractivity contribution is -0.120. The van der Waals surface area contributed by atoms with Crippen LogP contribution in [0.3, 0.4) is 0 Å². The molecule has 0 spiro atoms. The molecule has 0 aliphatic heterocycles. The van der Waals surface area contributed by atoms with Gasteiger partial charge in [0.15, 0.2) is 12.3 Å². The van der Waals surface area contributed by atoms with Crippen molar-refractivity contribution >= 4 is 17.4 Å². The standard InChI is InChI=1S/C24H28N4O5/c1-3-18-11-7-8-12-19(18)33-16-20(29)27(13-14-32-2)21-22(25)28(24(31)26-23(21)30)15-17-9-5-4-6-10-17/h4-12H,3,13-16,25H2,1-2H3,(H,26,30,31). The molecule has 0 fully saturated rings. The third-order valence-corrected chi connectivity index (χ3v) is 5.19. The second-order valence-electron chi connectivity index (χ2n) is 7.35. The van der Waals surface area contributed by atoms with Gasteiger partial charge in [-0.2, -0.15) is 0 Å². The third-order valence-electron chi connectivity index (χ3n) is 5.19. The molecule has 174 valence electrons. The lowest BCUT2D eigenvalue weighted by Gasteiger charge is -2.24. The number of nitrogens with two attached hydrogens (primary N) is 1. The summed E-state index contributed by atoms with van der Waals surface area (Å²) in [5.41, 5.74) is 6.53. The van der Waals surface area contributed by atoms with Crippen molar-refractivity contribution in [3.8, 4) is 5.75 Å². The van der Waals surface area contributed by atoms with Crippen molar-refractivity contribution in [2.75, 3.05) is 37.5 Å². The molecule has 0 saturated carbocycles. The van der Waals surface area contributed by atoms with Gasteiger partial charge in [-0.05, 0) is 23.6 Å². The number of carbonyl (C=O) groups is 1. The summed E-state index contributed by atoms with van der Waals surface area (Å²) in [4.78, 5) is 41.8. The van der Waals surface area contributed by atoms with Gasteiger partial charge in [0.1, 0.15) is 11.6 Å². The molecule has 3 aromatic rings. The van der Waals surface area contributed by atoms with Gasteiger partial charge in [-0.3, -0.25) is 24.0 Å². The second-order valence-corrected chi connectivity index (χ2v) is 7.35. The number of hydrogen-bond donors (Lipinski definition) is 2. The minimum Gasteiger partial charge on any atom is -0.483 e. The third kappa shape index (κ3) is 5.69. The number of nitrogen functional groups attached to an aromatic ring is 1. The molecule has 3 N–H and O–H groups in total. The largest absolute Gasteiger partial charge is 0.483 e. The smallest absolute Gasteiger partial charge is 0.330 e. The van der Waals surface area contributed by atoms with Crippen LogP contribution in [0, 0.1) is 0 Å². The minimum absolute atomic E-state index is 0.0605. The molecule has 0 aliphatic carbocycles. The number of aromatic amines is 1. The van der Waals surface area contributed by atoms with Crippen molar-refractivity contribution in [3.63, 3.8) is 0 Å². The van der Waals surface area contributed by atoms with Crippen LogP contribution in [-0.4, -0.2) is 42.3 Å². The van der Waals surface area contributed by atoms with Crippen LogP contribution >= 0.6 is 0 Å². The number of para-hydroxylation sites is 1. The van der Waals surface area contributed by atoms with Crippen molar-refractivity contribution < 1.29 is 14.3 Å². The Morgan fingerprint density at radius 2 is 1.79 bits per heavy atom. The summed E-state index contributed by atoms with van der Waals surface area (Å²) in [6.07, 6.45) is 0.745. The number of benzene rings is 2. The molecule has 3 rings (SSSR count). The normalized spacial score (nSPS) is 10.7. The van der Waals surface area contributed by atoms with E-state index < -0.39 is 17.2 Å². The van der Waals surface area contributed by atoms with Gasteiger partial charge in [-0.15, -0.1) is 0 Å². The van der Waals surface area contributed by atoms with Crippen LogP contribution in [0.1, 0.15) is 18.1 Å². The average Bonchev–Trinajstić information content (AvgIpc) is 2.83. The van der Waals surface area contributed by atoms with Crippen molar-refractivity contribution in [2.45, 2.75) is 19.9 Å². The van der Waals surface area contributed by atoms with Crippen LogP contribution in [0.5, 0.6) is 5.75 Å². The summed E-state index contributed by atoms with van der Waals surface area (Å²) >= 11 is 0. The summed E-state index contributed by atoms with van der Waals surface area (Å²) < 4.78 is 12.1. The fraction of sp³-hybridized carbons (Fsp3) is 0.292. The quantitative estimate of drug-likeness (QED) is 0.484. The fourth-order valence-electron chi connectivity index (χ4n) is 3.46. The molecule has 1 aromatic heterocycles. The molecule has 0 unspecified atom stereocenters. The van der Waals surface area contributed by atoms with Crippen LogP contribution in [-0.2, 0) is 22.5 Å². The van der Waals surface area contributed by atoms with Gasteiger partial charge in [0.2, 0.25) is 0 Å². The Hall–Kier alpha value is -3.85. The number of anilines is 2. The van der Waals surface area contributed by atoms with E-state index >= 15 is 0 Å². The summed E-state index contributed by atoms with van der Waals surface area (Å²) in [6, 6.07) is 16.6. The van der Waals surface area contributed by atoms with E-state index in [1.165, 1.54) is 16.6 Å². The van der Waals surface area contributed by atoms with Crippen molar-refractivity contribution in [3.05, 3.63) is 86.6 Å². The van der Waals surface area contributed by atoms with Gasteiger partial charge >= 0.3 is 5.69 Å². The first-order chi connectivity index (χ1) is 16.0. The van der Waals surface area contributed by atoms with Crippen LogP contribution in [0.2, 0.25) is 0 Å². The van der Waals surface area contributed by atoms with Gasteiger partial charge in [-0.25, -0.2) is 4.79 Å². The highest BCUT2D eigenvalue weighted by Gasteiger charge is 2.25. The van der Waals surface area contributed by atoms with Gasteiger partial charge < -0.3 is 15.2 Å². The molecule has 0 aliphatic rings. The van der Waals surface area contributed by atoms with Crippen molar-refractivity contribution in [2.24, 2.45) is 0 Å². The van der Waals surface area contributed by atoms with Gasteiger partial charge in [-0.1, -0.05) is 55.5 Å². The Kier molecular flexibility index (Phi) is 8.04. The lowest BCUT2D eigenvalue weighted by atomic mass is 10.1. The lowest BCUT2D eigenvalue weighted by Crippen LogP contribution is -2.44. The zero-order valence-electron chi connectivity index (χ0n) is 18.7. The molecule has 0 saturated heterocycles. The van der Waals surface area contributed by atoms with E-state index in [1.54, 1.807) is 6.07 Å². The van der Waals surface area contributed by atoms with E-state index in [-0.39, 0.29) is 37.8 Å². The van der Waals surface area contributed by atoms with Crippen molar-refractivity contribution in [1.82, 2.24) is 9.55 Å². The first-order valence-electron chi connectivity index (χ1n) is 10.6. The van der Waals surface area contributed by atoms with Gasteiger partial charge in [0, 0.05) is 13.7 Å². The number of amides is 1. The first-order valence-corrected chi connectivity index (χ1v) is 10.6. The fourth-order valence-corrected chi connectivity index (χ4v) is 3.46. The summed E-state index contributed by atoms with van der Waals surface area (Å²) in [5, 5.41) is 0. The Morgan fingerprint density at radius 1 is 1.09 bits per heavy atom. The van der Waals surface area contributed by atoms with Crippen molar-refractivity contribution in [1.29, 1.82) is 0 Å². The molecule has 9 nitrogen and oxygen atoms in total. The number of rotatable bonds is 10. The molecular formula is C24H28N4O5. The molecule has 33 heavy (non-hydrogen) atoms.